The molecule has 2 N–H and O–H groups in total. The van der Waals surface area contributed by atoms with E-state index in [4.69, 9.17) is 9.15 Å². The van der Waals surface area contributed by atoms with Crippen molar-refractivity contribution in [3.8, 4) is 0 Å². The molecule has 1 aromatic carbocycles. The maximum Gasteiger partial charge on any atom is 0.339 e. The lowest BCUT2D eigenvalue weighted by molar-refractivity contribution is 0.0599. The van der Waals surface area contributed by atoms with Crippen molar-refractivity contribution in [3.05, 3.63) is 82.6 Å². The van der Waals surface area contributed by atoms with Crippen LogP contribution < -0.4 is 5.32 Å². The zero-order chi connectivity index (χ0) is 19.4. The van der Waals surface area contributed by atoms with Gasteiger partial charge in [-0.1, -0.05) is 37.3 Å². The predicted molar refractivity (Wildman–Crippen MR) is 101 cm³/mol. The van der Waals surface area contributed by atoms with Crippen LogP contribution in [0, 0.1) is 6.92 Å². The summed E-state index contributed by atoms with van der Waals surface area (Å²) in [6.07, 6.45) is 2.15. The van der Waals surface area contributed by atoms with E-state index in [9.17, 15) is 9.59 Å². The molecule has 27 heavy (non-hydrogen) atoms. The van der Waals surface area contributed by atoms with Gasteiger partial charge in [0, 0.05) is 5.69 Å². The average molecular weight is 366 g/mol. The first-order chi connectivity index (χ1) is 13.1. The van der Waals surface area contributed by atoms with E-state index in [1.54, 1.807) is 19.3 Å². The molecule has 6 heteroatoms. The number of benzene rings is 1. The van der Waals surface area contributed by atoms with E-state index >= 15 is 0 Å². The Morgan fingerprint density at radius 2 is 1.93 bits per heavy atom. The number of ether oxygens (including phenoxy) is 1. The van der Waals surface area contributed by atoms with Gasteiger partial charge in [0.2, 0.25) is 0 Å². The second-order valence-electron chi connectivity index (χ2n) is 6.16. The molecule has 1 unspecified atom stereocenters. The molecule has 6 nitrogen and oxygen atoms in total. The summed E-state index contributed by atoms with van der Waals surface area (Å²) in [5.41, 5.74) is 2.91. The van der Waals surface area contributed by atoms with E-state index in [1.807, 2.05) is 43.3 Å². The number of rotatable bonds is 6. The Morgan fingerprint density at radius 1 is 1.19 bits per heavy atom. The Balaban J connectivity index is 1.95. The van der Waals surface area contributed by atoms with Gasteiger partial charge in [-0.25, -0.2) is 4.79 Å². The Hall–Kier alpha value is -3.28. The van der Waals surface area contributed by atoms with E-state index < -0.39 is 12.0 Å². The molecule has 2 aromatic heterocycles. The molecule has 0 aliphatic rings. The number of carbonyl (C=O) groups is 2. The molecule has 0 aliphatic heterocycles. The van der Waals surface area contributed by atoms with E-state index in [1.165, 1.54) is 7.11 Å². The number of aryl methyl sites for hydroxylation is 1. The van der Waals surface area contributed by atoms with Crippen LogP contribution in [0.3, 0.4) is 0 Å². The molecule has 2 heterocycles. The van der Waals surface area contributed by atoms with Crippen LogP contribution in [0.15, 0.2) is 53.1 Å². The van der Waals surface area contributed by atoms with Crippen molar-refractivity contribution < 1.29 is 18.7 Å². The first-order valence-electron chi connectivity index (χ1n) is 8.75. The number of carbonyl (C=O) groups excluding carboxylic acids is 2. The predicted octanol–water partition coefficient (Wildman–Crippen LogP) is 3.78. The molecule has 0 saturated heterocycles. The number of furan rings is 1. The largest absolute Gasteiger partial charge is 0.467 e. The lowest BCUT2D eigenvalue weighted by atomic mass is 10.0. The van der Waals surface area contributed by atoms with Gasteiger partial charge in [0.1, 0.15) is 17.5 Å². The van der Waals surface area contributed by atoms with Gasteiger partial charge in [0.05, 0.1) is 18.9 Å². The molecular weight excluding hydrogens is 344 g/mol. The van der Waals surface area contributed by atoms with Gasteiger partial charge in [0.25, 0.3) is 5.91 Å². The van der Waals surface area contributed by atoms with Gasteiger partial charge in [-0.3, -0.25) is 4.79 Å². The molecule has 1 atom stereocenters. The van der Waals surface area contributed by atoms with Crippen LogP contribution in [0.25, 0.3) is 0 Å². The van der Waals surface area contributed by atoms with Gasteiger partial charge in [0.15, 0.2) is 0 Å². The summed E-state index contributed by atoms with van der Waals surface area (Å²) in [5.74, 6) is -0.143. The second-order valence-corrected chi connectivity index (χ2v) is 6.16. The maximum absolute atomic E-state index is 13.0. The molecule has 0 bridgehead atoms. The Kier molecular flexibility index (Phi) is 5.45. The van der Waals surface area contributed by atoms with Crippen LogP contribution in [0.4, 0.5) is 0 Å². The smallest absolute Gasteiger partial charge is 0.339 e. The third kappa shape index (κ3) is 3.65. The Labute approximate surface area is 157 Å². The van der Waals surface area contributed by atoms with Crippen molar-refractivity contribution in [1.82, 2.24) is 10.3 Å². The molecule has 1 amide bonds. The number of aromatic amines is 1. The number of H-pyrrole nitrogens is 1. The SMILES string of the molecule is CCc1[nH]c(C(=O)NC(c2ccccc2)c2ccco2)c(C)c1C(=O)OC. The highest BCUT2D eigenvalue weighted by molar-refractivity contribution is 6.00. The summed E-state index contributed by atoms with van der Waals surface area (Å²) in [4.78, 5) is 28.2. The van der Waals surface area contributed by atoms with Crippen LogP contribution in [0.5, 0.6) is 0 Å². The fourth-order valence-corrected chi connectivity index (χ4v) is 3.15. The number of nitrogens with one attached hydrogen (secondary N) is 2. The summed E-state index contributed by atoms with van der Waals surface area (Å²) in [6.45, 7) is 3.65. The quantitative estimate of drug-likeness (QED) is 0.650. The summed E-state index contributed by atoms with van der Waals surface area (Å²) in [5, 5.41) is 3.00. The molecule has 0 fully saturated rings. The van der Waals surface area contributed by atoms with Crippen molar-refractivity contribution in [1.29, 1.82) is 0 Å². The third-order valence-electron chi connectivity index (χ3n) is 4.53. The molecule has 0 radical (unpaired) electrons. The fraction of sp³-hybridized carbons (Fsp3) is 0.238. The molecular formula is C21H22N2O4. The Morgan fingerprint density at radius 3 is 2.52 bits per heavy atom. The fourth-order valence-electron chi connectivity index (χ4n) is 3.15. The van der Waals surface area contributed by atoms with Crippen molar-refractivity contribution in [2.75, 3.05) is 7.11 Å². The van der Waals surface area contributed by atoms with Crippen molar-refractivity contribution in [3.63, 3.8) is 0 Å². The minimum atomic E-state index is -0.453. The number of aromatic nitrogens is 1. The monoisotopic (exact) mass is 366 g/mol. The van der Waals surface area contributed by atoms with Gasteiger partial charge in [-0.2, -0.15) is 0 Å². The molecule has 3 aromatic rings. The highest BCUT2D eigenvalue weighted by atomic mass is 16.5. The molecule has 0 spiro atoms. The second kappa shape index (κ2) is 7.95. The van der Waals surface area contributed by atoms with E-state index in [-0.39, 0.29) is 5.91 Å². The number of amides is 1. The van der Waals surface area contributed by atoms with Crippen LogP contribution in [0.1, 0.15) is 56.4 Å². The first-order valence-corrected chi connectivity index (χ1v) is 8.75. The summed E-state index contributed by atoms with van der Waals surface area (Å²) < 4.78 is 10.4. The number of hydrogen-bond acceptors (Lipinski definition) is 4. The van der Waals surface area contributed by atoms with Crippen molar-refractivity contribution in [2.24, 2.45) is 0 Å². The van der Waals surface area contributed by atoms with E-state index in [0.29, 0.717) is 34.7 Å². The van der Waals surface area contributed by atoms with Crippen molar-refractivity contribution in [2.45, 2.75) is 26.3 Å². The summed E-state index contributed by atoms with van der Waals surface area (Å²) in [7, 11) is 1.33. The number of esters is 1. The lowest BCUT2D eigenvalue weighted by Gasteiger charge is -2.17. The molecule has 140 valence electrons. The third-order valence-corrected chi connectivity index (χ3v) is 4.53. The zero-order valence-corrected chi connectivity index (χ0v) is 15.5. The van der Waals surface area contributed by atoms with Crippen LogP contribution in [0.2, 0.25) is 0 Å². The van der Waals surface area contributed by atoms with Gasteiger partial charge >= 0.3 is 5.97 Å². The van der Waals surface area contributed by atoms with Gasteiger partial charge in [-0.15, -0.1) is 0 Å². The van der Waals surface area contributed by atoms with E-state index in [0.717, 1.165) is 5.56 Å². The topological polar surface area (TPSA) is 84.3 Å². The maximum atomic E-state index is 13.0. The number of hydrogen-bond donors (Lipinski definition) is 2. The lowest BCUT2D eigenvalue weighted by Crippen LogP contribution is -2.30. The first kappa shape index (κ1) is 18.5. The van der Waals surface area contributed by atoms with Gasteiger partial charge < -0.3 is 19.5 Å². The standard InChI is InChI=1S/C21H22N2O4/c1-4-15-17(21(25)26-3)13(2)18(22-15)20(24)23-19(16-11-8-12-27-16)14-9-6-5-7-10-14/h5-12,19,22H,4H2,1-3H3,(H,23,24). The van der Waals surface area contributed by atoms with Crippen molar-refractivity contribution >= 4 is 11.9 Å². The van der Waals surface area contributed by atoms with E-state index in [2.05, 4.69) is 10.3 Å². The zero-order valence-electron chi connectivity index (χ0n) is 15.5. The normalized spacial score (nSPS) is 11.8. The number of methoxy groups -OCH3 is 1. The highest BCUT2D eigenvalue weighted by Gasteiger charge is 2.26. The summed E-state index contributed by atoms with van der Waals surface area (Å²) in [6, 6.07) is 12.7. The minimum Gasteiger partial charge on any atom is -0.467 e. The minimum absolute atomic E-state index is 0.317. The molecule has 0 aliphatic carbocycles. The van der Waals surface area contributed by atoms with Crippen LogP contribution in [-0.4, -0.2) is 24.0 Å². The average Bonchev–Trinajstić information content (AvgIpc) is 3.34. The highest BCUT2D eigenvalue weighted by Crippen LogP contribution is 2.25. The summed E-state index contributed by atoms with van der Waals surface area (Å²) >= 11 is 0. The van der Waals surface area contributed by atoms with Crippen LogP contribution >= 0.6 is 0 Å². The van der Waals surface area contributed by atoms with Crippen LogP contribution in [-0.2, 0) is 11.2 Å². The Bertz CT molecular complexity index is 927. The van der Waals surface area contributed by atoms with Gasteiger partial charge in [-0.05, 0) is 36.6 Å². The molecule has 3 rings (SSSR count). The molecule has 0 saturated carbocycles.